The normalized spacial score (nSPS) is 12.9. The molecule has 130 valence electrons. The maximum atomic E-state index is 12.2. The molecule has 4 nitrogen and oxygen atoms in total. The van der Waals surface area contributed by atoms with E-state index in [0.29, 0.717) is 10.5 Å². The fraction of sp³-hybridized carbons (Fsp3) is 0.158. The molecule has 2 aromatic rings. The zero-order valence-electron chi connectivity index (χ0n) is 14.3. The van der Waals surface area contributed by atoms with Crippen molar-refractivity contribution in [1.29, 1.82) is 0 Å². The van der Waals surface area contributed by atoms with Crippen LogP contribution in [0.5, 0.6) is 0 Å². The van der Waals surface area contributed by atoms with Crippen LogP contribution < -0.4 is 0 Å². The van der Waals surface area contributed by atoms with Crippen molar-refractivity contribution in [1.82, 2.24) is 0 Å². The summed E-state index contributed by atoms with van der Waals surface area (Å²) in [5.41, 5.74) is 1.41. The van der Waals surface area contributed by atoms with Crippen molar-refractivity contribution >= 4 is 39.2 Å². The van der Waals surface area contributed by atoms with E-state index in [4.69, 9.17) is 0 Å². The Morgan fingerprint density at radius 2 is 1.64 bits per heavy atom. The summed E-state index contributed by atoms with van der Waals surface area (Å²) in [6, 6.07) is 16.1. The lowest BCUT2D eigenvalue weighted by molar-refractivity contribution is -0.112. The Labute approximate surface area is 152 Å². The summed E-state index contributed by atoms with van der Waals surface area (Å²) in [6.07, 6.45) is 2.79. The number of hydrogen-bond acceptors (Lipinski definition) is 5. The zero-order chi connectivity index (χ0) is 18.4. The highest BCUT2D eigenvalue weighted by Gasteiger charge is 2.15. The third-order valence-corrected chi connectivity index (χ3v) is 5.73. The summed E-state index contributed by atoms with van der Waals surface area (Å²) in [5, 5.41) is 0. The van der Waals surface area contributed by atoms with E-state index in [2.05, 4.69) is 4.99 Å². The molecule has 0 aromatic heterocycles. The average Bonchev–Trinajstić information content (AvgIpc) is 2.58. The van der Waals surface area contributed by atoms with Crippen molar-refractivity contribution in [2.45, 2.75) is 16.7 Å². The number of Topliss-reactive ketones (excluding diaryl/α,β-unsaturated/α-hetero) is 1. The largest absolute Gasteiger partial charge is 0.296 e. The second kappa shape index (κ2) is 8.27. The predicted octanol–water partition coefficient (Wildman–Crippen LogP) is 3.88. The summed E-state index contributed by atoms with van der Waals surface area (Å²) in [6.45, 7) is 1.51. The molecule has 0 fully saturated rings. The molecular weight excluding hydrogens is 354 g/mol. The molecule has 0 atom stereocenters. The highest BCUT2D eigenvalue weighted by Crippen LogP contribution is 2.33. The van der Waals surface area contributed by atoms with Gasteiger partial charge in [-0.2, -0.15) is 0 Å². The molecule has 0 unspecified atom stereocenters. The standard InChI is InChI=1S/C19H19NO3S2/c1-14(21)19(24-16-7-5-4-6-8-16)18(13-20-2)15-9-11-17(12-10-15)25(3,22)23/h4-13H,1-3H3/b19-18-,20-13?. The van der Waals surface area contributed by atoms with Gasteiger partial charge in [0.05, 0.1) is 9.80 Å². The minimum Gasteiger partial charge on any atom is -0.296 e. The number of sulfone groups is 1. The monoisotopic (exact) mass is 373 g/mol. The van der Waals surface area contributed by atoms with E-state index in [9.17, 15) is 13.2 Å². The van der Waals surface area contributed by atoms with E-state index in [-0.39, 0.29) is 10.7 Å². The van der Waals surface area contributed by atoms with Crippen LogP contribution in [0, 0.1) is 0 Å². The Bertz CT molecular complexity index is 913. The van der Waals surface area contributed by atoms with Gasteiger partial charge >= 0.3 is 0 Å². The maximum Gasteiger partial charge on any atom is 0.175 e. The minimum atomic E-state index is -3.26. The molecule has 0 aliphatic rings. The average molecular weight is 373 g/mol. The van der Waals surface area contributed by atoms with E-state index >= 15 is 0 Å². The molecule has 0 N–H and O–H groups in total. The number of benzene rings is 2. The molecule has 25 heavy (non-hydrogen) atoms. The number of aliphatic imine (C=N–C) groups is 1. The maximum absolute atomic E-state index is 12.2. The highest BCUT2D eigenvalue weighted by molar-refractivity contribution is 8.04. The molecule has 0 aliphatic heterocycles. The van der Waals surface area contributed by atoms with E-state index in [1.54, 1.807) is 37.5 Å². The van der Waals surface area contributed by atoms with Crippen molar-refractivity contribution in [3.05, 3.63) is 65.1 Å². The van der Waals surface area contributed by atoms with E-state index in [1.807, 2.05) is 30.3 Å². The highest BCUT2D eigenvalue weighted by atomic mass is 32.2. The lowest BCUT2D eigenvalue weighted by atomic mass is 10.1. The van der Waals surface area contributed by atoms with Crippen LogP contribution in [0.2, 0.25) is 0 Å². The predicted molar refractivity (Wildman–Crippen MR) is 104 cm³/mol. The molecule has 0 radical (unpaired) electrons. The first-order valence-corrected chi connectivity index (χ1v) is 10.2. The van der Waals surface area contributed by atoms with Crippen LogP contribution in [0.3, 0.4) is 0 Å². The van der Waals surface area contributed by atoms with Crippen LogP contribution in [0.4, 0.5) is 0 Å². The molecule has 0 spiro atoms. The quantitative estimate of drug-likeness (QED) is 0.438. The lowest BCUT2D eigenvalue weighted by Crippen LogP contribution is -2.01. The van der Waals surface area contributed by atoms with Crippen LogP contribution in [0.1, 0.15) is 12.5 Å². The van der Waals surface area contributed by atoms with Gasteiger partial charge in [-0.25, -0.2) is 8.42 Å². The van der Waals surface area contributed by atoms with E-state index < -0.39 is 9.84 Å². The van der Waals surface area contributed by atoms with E-state index in [0.717, 1.165) is 10.5 Å². The lowest BCUT2D eigenvalue weighted by Gasteiger charge is -2.11. The number of carbonyl (C=O) groups is 1. The molecule has 2 rings (SSSR count). The Hall–Kier alpha value is -2.18. The Morgan fingerprint density at radius 1 is 1.04 bits per heavy atom. The molecule has 6 heteroatoms. The Morgan fingerprint density at radius 3 is 2.12 bits per heavy atom. The number of allylic oxidation sites excluding steroid dienone is 2. The molecule has 0 amide bonds. The van der Waals surface area contributed by atoms with Crippen molar-refractivity contribution in [2.24, 2.45) is 4.99 Å². The summed E-state index contributed by atoms with van der Waals surface area (Å²) in [5.74, 6) is -0.0732. The number of thioether (sulfide) groups is 1. The van der Waals surface area contributed by atoms with Gasteiger partial charge in [-0.15, -0.1) is 0 Å². The number of carbonyl (C=O) groups excluding carboxylic acids is 1. The molecule has 0 bridgehead atoms. The number of ketones is 1. The van der Waals surface area contributed by atoms with Gasteiger partial charge in [0.25, 0.3) is 0 Å². The van der Waals surface area contributed by atoms with Crippen LogP contribution >= 0.6 is 11.8 Å². The van der Waals surface area contributed by atoms with Crippen LogP contribution in [0.25, 0.3) is 5.57 Å². The molecule has 0 heterocycles. The Kier molecular flexibility index (Phi) is 6.33. The first-order valence-electron chi connectivity index (χ1n) is 7.53. The first-order chi connectivity index (χ1) is 11.8. The third-order valence-electron chi connectivity index (χ3n) is 3.38. The van der Waals surface area contributed by atoms with Crippen molar-refractivity contribution in [3.8, 4) is 0 Å². The summed E-state index contributed by atoms with van der Waals surface area (Å²) < 4.78 is 23.3. The molecular formula is C19H19NO3S2. The van der Waals surface area contributed by atoms with Gasteiger partial charge in [-0.3, -0.25) is 9.79 Å². The van der Waals surface area contributed by atoms with Gasteiger partial charge in [0, 0.05) is 30.0 Å². The van der Waals surface area contributed by atoms with E-state index in [1.165, 1.54) is 24.9 Å². The summed E-state index contributed by atoms with van der Waals surface area (Å²) >= 11 is 1.37. The van der Waals surface area contributed by atoms with Gasteiger partial charge in [0.1, 0.15) is 0 Å². The topological polar surface area (TPSA) is 63.6 Å². The summed E-state index contributed by atoms with van der Waals surface area (Å²) in [7, 11) is -1.63. The molecule has 0 saturated carbocycles. The smallest absolute Gasteiger partial charge is 0.175 e. The number of hydrogen-bond donors (Lipinski definition) is 0. The zero-order valence-corrected chi connectivity index (χ0v) is 15.9. The van der Waals surface area contributed by atoms with Crippen LogP contribution in [0.15, 0.2) is 74.3 Å². The minimum absolute atomic E-state index is 0.0732. The van der Waals surface area contributed by atoms with Crippen LogP contribution in [-0.2, 0) is 14.6 Å². The number of rotatable bonds is 6. The van der Waals surface area contributed by atoms with Gasteiger partial charge in [0.2, 0.25) is 0 Å². The first kappa shape index (κ1) is 19.1. The third kappa shape index (κ3) is 5.14. The molecule has 2 aromatic carbocycles. The summed E-state index contributed by atoms with van der Waals surface area (Å²) in [4.78, 5) is 18.0. The van der Waals surface area contributed by atoms with Gasteiger partial charge in [-0.05, 0) is 36.8 Å². The van der Waals surface area contributed by atoms with Gasteiger partial charge < -0.3 is 0 Å². The van der Waals surface area contributed by atoms with Crippen molar-refractivity contribution in [2.75, 3.05) is 13.3 Å². The Balaban J connectivity index is 2.55. The van der Waals surface area contributed by atoms with Crippen LogP contribution in [-0.4, -0.2) is 33.7 Å². The van der Waals surface area contributed by atoms with Crippen molar-refractivity contribution < 1.29 is 13.2 Å². The van der Waals surface area contributed by atoms with Crippen molar-refractivity contribution in [3.63, 3.8) is 0 Å². The fourth-order valence-electron chi connectivity index (χ4n) is 2.20. The fourth-order valence-corrected chi connectivity index (χ4v) is 3.78. The van der Waals surface area contributed by atoms with Gasteiger partial charge in [0.15, 0.2) is 15.6 Å². The molecule has 0 saturated heterocycles. The SMILES string of the molecule is CN=C/C(=C(/Sc1ccccc1)C(C)=O)c1ccc(S(C)(=O)=O)cc1. The second-order valence-electron chi connectivity index (χ2n) is 5.40. The van der Waals surface area contributed by atoms with Gasteiger partial charge in [-0.1, -0.05) is 42.1 Å². The second-order valence-corrected chi connectivity index (χ2v) is 8.50. The molecule has 0 aliphatic carbocycles. The number of nitrogens with zero attached hydrogens (tertiary/aromatic N) is 1.